The molecule has 0 saturated heterocycles. The molecule has 2 heterocycles. The summed E-state index contributed by atoms with van der Waals surface area (Å²) in [5.74, 6) is 0.844. The van der Waals surface area contributed by atoms with Crippen molar-refractivity contribution in [1.29, 1.82) is 0 Å². The van der Waals surface area contributed by atoms with Gasteiger partial charge in [0.15, 0.2) is 17.2 Å². The van der Waals surface area contributed by atoms with Crippen LogP contribution in [0.25, 0.3) is 10.8 Å². The number of hydrogen-bond donors (Lipinski definition) is 1. The zero-order valence-electron chi connectivity index (χ0n) is 15.9. The van der Waals surface area contributed by atoms with Crippen molar-refractivity contribution in [2.24, 2.45) is 5.10 Å². The minimum absolute atomic E-state index is 0.160. The fourth-order valence-corrected chi connectivity index (χ4v) is 3.12. The SMILES string of the molecule is CCCn1nc(C(=O)N/N=C/c2ccc3c(c2)OCCO3)c2ccccc2c1=O. The summed E-state index contributed by atoms with van der Waals surface area (Å²) in [7, 11) is 0. The predicted molar refractivity (Wildman–Crippen MR) is 109 cm³/mol. The molecule has 1 aromatic heterocycles. The summed E-state index contributed by atoms with van der Waals surface area (Å²) < 4.78 is 12.3. The van der Waals surface area contributed by atoms with E-state index < -0.39 is 5.91 Å². The van der Waals surface area contributed by atoms with Crippen molar-refractivity contribution in [1.82, 2.24) is 15.2 Å². The van der Waals surface area contributed by atoms with Crippen LogP contribution in [-0.4, -0.2) is 35.1 Å². The number of nitrogens with zero attached hydrogens (tertiary/aromatic N) is 3. The minimum atomic E-state index is -0.486. The summed E-state index contributed by atoms with van der Waals surface area (Å²) in [5.41, 5.74) is 3.19. The Morgan fingerprint density at radius 2 is 1.93 bits per heavy atom. The van der Waals surface area contributed by atoms with Crippen LogP contribution < -0.4 is 20.5 Å². The molecule has 8 nitrogen and oxygen atoms in total. The second-order valence-corrected chi connectivity index (χ2v) is 6.52. The molecule has 1 aliphatic heterocycles. The van der Waals surface area contributed by atoms with Crippen LogP contribution >= 0.6 is 0 Å². The summed E-state index contributed by atoms with van der Waals surface area (Å²) in [6.07, 6.45) is 2.25. The van der Waals surface area contributed by atoms with Crippen molar-refractivity contribution in [2.45, 2.75) is 19.9 Å². The van der Waals surface area contributed by atoms with Crippen LogP contribution in [-0.2, 0) is 6.54 Å². The molecule has 0 atom stereocenters. The molecule has 1 N–H and O–H groups in total. The van der Waals surface area contributed by atoms with Crippen LogP contribution in [0.1, 0.15) is 29.4 Å². The summed E-state index contributed by atoms with van der Waals surface area (Å²) in [6, 6.07) is 12.3. The van der Waals surface area contributed by atoms with Gasteiger partial charge in [-0.2, -0.15) is 10.2 Å². The zero-order valence-corrected chi connectivity index (χ0v) is 15.9. The molecule has 0 unspecified atom stereocenters. The number of carbonyl (C=O) groups excluding carboxylic acids is 1. The minimum Gasteiger partial charge on any atom is -0.486 e. The number of fused-ring (bicyclic) bond motifs is 2. The van der Waals surface area contributed by atoms with E-state index >= 15 is 0 Å². The van der Waals surface area contributed by atoms with Crippen LogP contribution in [0.3, 0.4) is 0 Å². The Balaban J connectivity index is 1.58. The van der Waals surface area contributed by atoms with Gasteiger partial charge in [-0.3, -0.25) is 9.59 Å². The van der Waals surface area contributed by atoms with E-state index in [0.29, 0.717) is 42.0 Å². The molecule has 0 aliphatic carbocycles. The Morgan fingerprint density at radius 3 is 2.72 bits per heavy atom. The Bertz CT molecular complexity index is 1150. The fourth-order valence-electron chi connectivity index (χ4n) is 3.12. The number of benzene rings is 2. The highest BCUT2D eigenvalue weighted by atomic mass is 16.6. The summed E-state index contributed by atoms with van der Waals surface area (Å²) in [5, 5.41) is 9.23. The third-order valence-corrected chi connectivity index (χ3v) is 4.46. The van der Waals surface area contributed by atoms with Gasteiger partial charge in [0.05, 0.1) is 11.6 Å². The summed E-state index contributed by atoms with van der Waals surface area (Å²) in [4.78, 5) is 25.2. The third-order valence-electron chi connectivity index (χ3n) is 4.46. The van der Waals surface area contributed by atoms with Crippen molar-refractivity contribution in [3.63, 3.8) is 0 Å². The fraction of sp³-hybridized carbons (Fsp3) is 0.238. The van der Waals surface area contributed by atoms with E-state index in [9.17, 15) is 9.59 Å². The maximum absolute atomic E-state index is 12.7. The Hall–Kier alpha value is -3.68. The van der Waals surface area contributed by atoms with E-state index in [4.69, 9.17) is 9.47 Å². The topological polar surface area (TPSA) is 94.8 Å². The van der Waals surface area contributed by atoms with E-state index in [0.717, 1.165) is 12.0 Å². The summed E-state index contributed by atoms with van der Waals surface area (Å²) in [6.45, 7) is 3.40. The number of amides is 1. The molecule has 0 fully saturated rings. The molecular weight excluding hydrogens is 372 g/mol. The number of rotatable bonds is 5. The molecule has 1 amide bonds. The number of carbonyl (C=O) groups is 1. The van der Waals surface area contributed by atoms with Crippen LogP contribution in [0.5, 0.6) is 11.5 Å². The van der Waals surface area contributed by atoms with Gasteiger partial charge in [-0.25, -0.2) is 10.1 Å². The molecule has 8 heteroatoms. The van der Waals surface area contributed by atoms with Crippen molar-refractivity contribution < 1.29 is 14.3 Å². The molecular formula is C21H20N4O4. The summed E-state index contributed by atoms with van der Waals surface area (Å²) >= 11 is 0. The van der Waals surface area contributed by atoms with E-state index in [-0.39, 0.29) is 11.3 Å². The van der Waals surface area contributed by atoms with Gasteiger partial charge in [-0.15, -0.1) is 0 Å². The zero-order chi connectivity index (χ0) is 20.2. The Morgan fingerprint density at radius 1 is 1.17 bits per heavy atom. The lowest BCUT2D eigenvalue weighted by atomic mass is 10.1. The normalized spacial score (nSPS) is 13.0. The average Bonchev–Trinajstić information content (AvgIpc) is 2.75. The lowest BCUT2D eigenvalue weighted by molar-refractivity contribution is 0.0949. The van der Waals surface area contributed by atoms with Gasteiger partial charge in [-0.1, -0.05) is 25.1 Å². The molecule has 0 bridgehead atoms. The predicted octanol–water partition coefficient (Wildman–Crippen LogP) is 2.34. The first-order valence-electron chi connectivity index (χ1n) is 9.40. The van der Waals surface area contributed by atoms with Gasteiger partial charge in [0.25, 0.3) is 11.5 Å². The van der Waals surface area contributed by atoms with Crippen molar-refractivity contribution >= 4 is 22.9 Å². The highest BCUT2D eigenvalue weighted by Crippen LogP contribution is 2.30. The molecule has 1 aliphatic rings. The van der Waals surface area contributed by atoms with Crippen LogP contribution in [0.15, 0.2) is 52.4 Å². The Kier molecular flexibility index (Phi) is 5.24. The first kappa shape index (κ1) is 18.7. The molecule has 0 saturated carbocycles. The number of hydrogen-bond acceptors (Lipinski definition) is 6. The largest absolute Gasteiger partial charge is 0.486 e. The van der Waals surface area contributed by atoms with Crippen molar-refractivity contribution in [3.8, 4) is 11.5 Å². The monoisotopic (exact) mass is 392 g/mol. The maximum Gasteiger partial charge on any atom is 0.292 e. The number of nitrogens with one attached hydrogen (secondary N) is 1. The maximum atomic E-state index is 12.7. The standard InChI is InChI=1S/C21H20N4O4/c1-2-9-25-21(27)16-6-4-3-5-15(16)19(24-25)20(26)23-22-13-14-7-8-17-18(12-14)29-11-10-28-17/h3-8,12-13H,2,9-11H2,1H3,(H,23,26)/b22-13+. The molecule has 0 radical (unpaired) electrons. The van der Waals surface area contributed by atoms with Gasteiger partial charge in [0.2, 0.25) is 0 Å². The average molecular weight is 392 g/mol. The molecule has 4 rings (SSSR count). The quantitative estimate of drug-likeness (QED) is 0.531. The molecule has 3 aromatic rings. The van der Waals surface area contributed by atoms with Gasteiger partial charge >= 0.3 is 0 Å². The van der Waals surface area contributed by atoms with Crippen LogP contribution in [0.4, 0.5) is 0 Å². The van der Waals surface area contributed by atoms with Crippen molar-refractivity contribution in [2.75, 3.05) is 13.2 Å². The van der Waals surface area contributed by atoms with E-state index in [2.05, 4.69) is 15.6 Å². The Labute approximate surface area is 166 Å². The second kappa shape index (κ2) is 8.14. The number of ether oxygens (including phenoxy) is 2. The number of hydrazone groups is 1. The van der Waals surface area contributed by atoms with Crippen LogP contribution in [0, 0.1) is 0 Å². The number of aromatic nitrogens is 2. The van der Waals surface area contributed by atoms with Gasteiger partial charge < -0.3 is 9.47 Å². The van der Waals surface area contributed by atoms with E-state index in [1.54, 1.807) is 36.4 Å². The first-order valence-corrected chi connectivity index (χ1v) is 9.40. The van der Waals surface area contributed by atoms with E-state index in [1.165, 1.54) is 10.9 Å². The first-order chi connectivity index (χ1) is 14.2. The smallest absolute Gasteiger partial charge is 0.292 e. The lowest BCUT2D eigenvalue weighted by Crippen LogP contribution is -2.29. The van der Waals surface area contributed by atoms with Crippen molar-refractivity contribution in [3.05, 3.63) is 64.1 Å². The number of aryl methyl sites for hydroxylation is 1. The van der Waals surface area contributed by atoms with E-state index in [1.807, 2.05) is 13.0 Å². The van der Waals surface area contributed by atoms with Gasteiger partial charge in [0.1, 0.15) is 13.2 Å². The second-order valence-electron chi connectivity index (χ2n) is 6.52. The van der Waals surface area contributed by atoms with Gasteiger partial charge in [0, 0.05) is 11.9 Å². The molecule has 0 spiro atoms. The highest BCUT2D eigenvalue weighted by molar-refractivity contribution is 6.05. The highest BCUT2D eigenvalue weighted by Gasteiger charge is 2.16. The molecule has 29 heavy (non-hydrogen) atoms. The molecule has 148 valence electrons. The third kappa shape index (κ3) is 3.82. The van der Waals surface area contributed by atoms with Gasteiger partial charge in [-0.05, 0) is 36.2 Å². The molecule has 2 aromatic carbocycles. The lowest BCUT2D eigenvalue weighted by Gasteiger charge is -2.18. The van der Waals surface area contributed by atoms with Crippen LogP contribution in [0.2, 0.25) is 0 Å².